The van der Waals surface area contributed by atoms with Gasteiger partial charge in [0.05, 0.1) is 7.11 Å². The van der Waals surface area contributed by atoms with E-state index in [9.17, 15) is 19.3 Å². The largest absolute Gasteiger partial charge is 0.494 e. The van der Waals surface area contributed by atoms with E-state index in [1.165, 1.54) is 37.3 Å². The molecule has 0 bridgehead atoms. The Bertz CT molecular complexity index is 828. The lowest BCUT2D eigenvalue weighted by Gasteiger charge is -2.18. The highest BCUT2D eigenvalue weighted by molar-refractivity contribution is 5.77. The summed E-state index contributed by atoms with van der Waals surface area (Å²) >= 11 is 0. The van der Waals surface area contributed by atoms with E-state index in [1.807, 2.05) is 0 Å². The number of pyridine rings is 1. The molecule has 8 nitrogen and oxygen atoms in total. The van der Waals surface area contributed by atoms with Crippen molar-refractivity contribution in [1.82, 2.24) is 9.88 Å². The zero-order chi connectivity index (χ0) is 19.3. The van der Waals surface area contributed by atoms with Gasteiger partial charge in [-0.3, -0.25) is 4.79 Å². The molecular weight excluding hydrogens is 345 g/mol. The van der Waals surface area contributed by atoms with Crippen molar-refractivity contribution in [2.24, 2.45) is 0 Å². The second-order valence-corrected chi connectivity index (χ2v) is 5.54. The Balaban J connectivity index is 2.00. The van der Waals surface area contributed by atoms with Gasteiger partial charge in [-0.15, -0.1) is 0 Å². The highest BCUT2D eigenvalue weighted by Gasteiger charge is 2.19. The van der Waals surface area contributed by atoms with Crippen LogP contribution in [0.25, 0.3) is 0 Å². The first-order valence-electron chi connectivity index (χ1n) is 7.63. The van der Waals surface area contributed by atoms with E-state index in [0.717, 1.165) is 0 Å². The van der Waals surface area contributed by atoms with Gasteiger partial charge in [-0.1, -0.05) is 6.07 Å². The van der Waals surface area contributed by atoms with Crippen molar-refractivity contribution in [3.05, 3.63) is 57.5 Å². The number of aromatic nitrogens is 1. The summed E-state index contributed by atoms with van der Waals surface area (Å²) in [5.74, 6) is -1.36. The van der Waals surface area contributed by atoms with Gasteiger partial charge < -0.3 is 24.5 Å². The van der Waals surface area contributed by atoms with Crippen LogP contribution >= 0.6 is 0 Å². The maximum atomic E-state index is 13.7. The van der Waals surface area contributed by atoms with Crippen molar-refractivity contribution >= 4 is 11.7 Å². The minimum absolute atomic E-state index is 0.0853. The van der Waals surface area contributed by atoms with Crippen molar-refractivity contribution in [1.29, 1.82) is 0 Å². The fourth-order valence-corrected chi connectivity index (χ4v) is 2.19. The number of hydrogen-bond acceptors (Lipinski definition) is 6. The Morgan fingerprint density at radius 2 is 2.00 bits per heavy atom. The Kier molecular flexibility index (Phi) is 6.05. The number of carbonyl (C=O) groups excluding carboxylic acids is 1. The predicted octanol–water partition coefficient (Wildman–Crippen LogP) is 2.48. The topological polar surface area (TPSA) is 94.8 Å². The van der Waals surface area contributed by atoms with Crippen LogP contribution in [0, 0.1) is 22.9 Å². The van der Waals surface area contributed by atoms with Gasteiger partial charge in [0.1, 0.15) is 5.69 Å². The highest BCUT2D eigenvalue weighted by Crippen LogP contribution is 2.24. The molecule has 1 aromatic heterocycles. The van der Waals surface area contributed by atoms with Crippen LogP contribution in [0.5, 0.6) is 11.5 Å². The Labute approximate surface area is 149 Å². The fraction of sp³-hybridized carbons (Fsp3) is 0.294. The quantitative estimate of drug-likeness (QED) is 0.554. The van der Waals surface area contributed by atoms with Gasteiger partial charge in [0, 0.05) is 20.5 Å². The second kappa shape index (κ2) is 8.24. The van der Waals surface area contributed by atoms with Crippen LogP contribution in [0.4, 0.5) is 10.2 Å². The minimum atomic E-state index is -0.670. The maximum absolute atomic E-state index is 13.7. The predicted molar refractivity (Wildman–Crippen MR) is 90.5 cm³/mol. The summed E-state index contributed by atoms with van der Waals surface area (Å²) in [5, 5.41) is 11.0. The molecule has 0 unspecified atom stereocenters. The lowest BCUT2D eigenvalue weighted by molar-refractivity contribution is -0.390. The summed E-state index contributed by atoms with van der Waals surface area (Å²) in [7, 11) is 2.89. The molecule has 0 saturated heterocycles. The number of nitro groups is 1. The Hall–Kier alpha value is -3.23. The lowest BCUT2D eigenvalue weighted by Crippen LogP contribution is -2.31. The second-order valence-electron chi connectivity index (χ2n) is 5.54. The van der Waals surface area contributed by atoms with E-state index in [2.05, 4.69) is 4.98 Å². The van der Waals surface area contributed by atoms with Crippen LogP contribution in [0.3, 0.4) is 0 Å². The first kappa shape index (κ1) is 19.1. The van der Waals surface area contributed by atoms with Gasteiger partial charge in [0.15, 0.2) is 18.2 Å². The van der Waals surface area contributed by atoms with Crippen molar-refractivity contribution < 1.29 is 23.6 Å². The van der Waals surface area contributed by atoms with Gasteiger partial charge in [0.2, 0.25) is 5.75 Å². The molecule has 9 heteroatoms. The molecule has 0 aliphatic rings. The summed E-state index contributed by atoms with van der Waals surface area (Å²) in [4.78, 5) is 27.6. The number of nitrogens with zero attached hydrogens (tertiary/aromatic N) is 3. The number of aryl methyl sites for hydroxylation is 1. The van der Waals surface area contributed by atoms with Crippen LogP contribution in [0.1, 0.15) is 11.3 Å². The molecule has 0 aliphatic heterocycles. The number of rotatable bonds is 7. The Morgan fingerprint density at radius 1 is 1.31 bits per heavy atom. The number of carbonyl (C=O) groups is 1. The number of methoxy groups -OCH3 is 1. The van der Waals surface area contributed by atoms with Crippen LogP contribution in [0.2, 0.25) is 0 Å². The highest BCUT2D eigenvalue weighted by atomic mass is 19.1. The summed E-state index contributed by atoms with van der Waals surface area (Å²) in [6.07, 6.45) is 0. The third-order valence-corrected chi connectivity index (χ3v) is 3.56. The number of hydrogen-bond donors (Lipinski definition) is 0. The molecule has 0 saturated carbocycles. The zero-order valence-electron chi connectivity index (χ0n) is 14.6. The first-order chi connectivity index (χ1) is 12.3. The molecule has 1 amide bonds. The van der Waals surface area contributed by atoms with Gasteiger partial charge >= 0.3 is 5.82 Å². The fourth-order valence-electron chi connectivity index (χ4n) is 2.19. The first-order valence-corrected chi connectivity index (χ1v) is 7.63. The van der Waals surface area contributed by atoms with Gasteiger partial charge in [-0.05, 0) is 39.7 Å². The Morgan fingerprint density at radius 3 is 2.62 bits per heavy atom. The molecule has 0 radical (unpaired) electrons. The molecule has 2 aromatic rings. The van der Waals surface area contributed by atoms with Crippen molar-refractivity contribution in [2.75, 3.05) is 20.8 Å². The molecule has 0 aliphatic carbocycles. The number of likely N-dealkylation sites (N-methyl/N-ethyl adjacent to an activating group) is 1. The summed E-state index contributed by atoms with van der Waals surface area (Å²) < 4.78 is 23.8. The summed E-state index contributed by atoms with van der Waals surface area (Å²) in [6, 6.07) is 7.34. The average Bonchev–Trinajstić information content (AvgIpc) is 2.60. The molecule has 26 heavy (non-hydrogen) atoms. The molecule has 0 spiro atoms. The normalized spacial score (nSPS) is 10.3. The van der Waals surface area contributed by atoms with Crippen LogP contribution in [-0.2, 0) is 11.3 Å². The van der Waals surface area contributed by atoms with E-state index in [1.54, 1.807) is 19.1 Å². The van der Waals surface area contributed by atoms with E-state index >= 15 is 0 Å². The van der Waals surface area contributed by atoms with E-state index < -0.39 is 29.1 Å². The molecule has 1 heterocycles. The SMILES string of the molecule is COc1ccc(CN(C)C(=O)COc2ccc(C)nc2[N+](=O)[O-])cc1F. The summed E-state index contributed by atoms with van der Waals surface area (Å²) in [5.41, 5.74) is 1.04. The number of ether oxygens (including phenoxy) is 2. The van der Waals surface area contributed by atoms with Gasteiger partial charge in [0.25, 0.3) is 5.91 Å². The van der Waals surface area contributed by atoms with Gasteiger partial charge in [-0.25, -0.2) is 4.39 Å². The molecule has 0 atom stereocenters. The molecule has 1 aromatic carbocycles. The monoisotopic (exact) mass is 363 g/mol. The third-order valence-electron chi connectivity index (χ3n) is 3.56. The maximum Gasteiger partial charge on any atom is 0.406 e. The standard InChI is InChI=1S/C17H18FN3O5/c1-11-4-6-15(17(19-11)21(23)24)26-10-16(22)20(2)9-12-5-7-14(25-3)13(18)8-12/h4-8H,9-10H2,1-3H3. The van der Waals surface area contributed by atoms with Crippen molar-refractivity contribution in [2.45, 2.75) is 13.5 Å². The molecular formula is C17H18FN3O5. The van der Waals surface area contributed by atoms with E-state index in [4.69, 9.17) is 9.47 Å². The zero-order valence-corrected chi connectivity index (χ0v) is 14.6. The van der Waals surface area contributed by atoms with E-state index in [0.29, 0.717) is 11.3 Å². The molecule has 2 rings (SSSR count). The molecule has 0 fully saturated rings. The van der Waals surface area contributed by atoms with Crippen LogP contribution in [-0.4, -0.2) is 41.5 Å². The number of benzene rings is 1. The van der Waals surface area contributed by atoms with Crippen molar-refractivity contribution in [3.63, 3.8) is 0 Å². The third kappa shape index (κ3) is 4.65. The number of amides is 1. The molecule has 138 valence electrons. The van der Waals surface area contributed by atoms with Crippen LogP contribution in [0.15, 0.2) is 30.3 Å². The van der Waals surface area contributed by atoms with Crippen molar-refractivity contribution in [3.8, 4) is 11.5 Å². The van der Waals surface area contributed by atoms with E-state index in [-0.39, 0.29) is 18.0 Å². The smallest absolute Gasteiger partial charge is 0.406 e. The summed E-state index contributed by atoms with van der Waals surface area (Å²) in [6.45, 7) is 1.36. The minimum Gasteiger partial charge on any atom is -0.494 e. The molecule has 0 N–H and O–H groups in total. The lowest BCUT2D eigenvalue weighted by atomic mass is 10.2. The average molecular weight is 363 g/mol. The van der Waals surface area contributed by atoms with Gasteiger partial charge in [-0.2, -0.15) is 0 Å². The number of halogens is 1. The van der Waals surface area contributed by atoms with Crippen LogP contribution < -0.4 is 9.47 Å².